The van der Waals surface area contributed by atoms with E-state index >= 15 is 0 Å². The molecule has 0 radical (unpaired) electrons. The van der Waals surface area contributed by atoms with E-state index in [0.29, 0.717) is 24.8 Å². The van der Waals surface area contributed by atoms with Gasteiger partial charge in [-0.15, -0.1) is 0 Å². The lowest BCUT2D eigenvalue weighted by atomic mass is 9.93. The molecular weight excluding hydrogens is 292 g/mol. The van der Waals surface area contributed by atoms with Crippen LogP contribution in [0.5, 0.6) is 0 Å². The van der Waals surface area contributed by atoms with Crippen molar-refractivity contribution in [1.82, 2.24) is 0 Å². The molecule has 1 aromatic carbocycles. The second-order valence-electron chi connectivity index (χ2n) is 5.45. The van der Waals surface area contributed by atoms with Gasteiger partial charge < -0.3 is 9.47 Å². The summed E-state index contributed by atoms with van der Waals surface area (Å²) in [7, 11) is 0. The van der Waals surface area contributed by atoms with Gasteiger partial charge >= 0.3 is 11.9 Å². The fraction of sp³-hybridized carbons (Fsp3) is 0.474. The van der Waals surface area contributed by atoms with Crippen LogP contribution >= 0.6 is 0 Å². The smallest absolute Gasteiger partial charge is 0.338 e. The Morgan fingerprint density at radius 3 is 2.22 bits per heavy atom. The molecule has 126 valence electrons. The molecule has 0 spiro atoms. The van der Waals surface area contributed by atoms with E-state index in [-0.39, 0.29) is 12.6 Å². The van der Waals surface area contributed by atoms with Crippen LogP contribution in [0.2, 0.25) is 0 Å². The zero-order valence-corrected chi connectivity index (χ0v) is 14.3. The van der Waals surface area contributed by atoms with Crippen molar-refractivity contribution in [3.05, 3.63) is 48.0 Å². The van der Waals surface area contributed by atoms with Gasteiger partial charge in [0.25, 0.3) is 0 Å². The first-order chi connectivity index (χ1) is 11.0. The molecule has 0 saturated heterocycles. The highest BCUT2D eigenvalue weighted by atomic mass is 16.6. The second kappa shape index (κ2) is 9.13. The van der Waals surface area contributed by atoms with Crippen LogP contribution in [0.4, 0.5) is 0 Å². The molecular formula is C19H26O4. The highest BCUT2D eigenvalue weighted by Gasteiger charge is 2.30. The van der Waals surface area contributed by atoms with Crippen molar-refractivity contribution in [2.24, 2.45) is 0 Å². The zero-order chi connectivity index (χ0) is 17.3. The van der Waals surface area contributed by atoms with E-state index in [2.05, 4.69) is 13.5 Å². The van der Waals surface area contributed by atoms with Crippen LogP contribution in [0, 0.1) is 0 Å². The van der Waals surface area contributed by atoms with E-state index in [0.717, 1.165) is 12.5 Å². The van der Waals surface area contributed by atoms with Crippen LogP contribution in [-0.2, 0) is 20.7 Å². The van der Waals surface area contributed by atoms with Crippen molar-refractivity contribution in [2.75, 3.05) is 6.61 Å². The number of hydrogen-bond acceptors (Lipinski definition) is 4. The molecule has 4 nitrogen and oxygen atoms in total. The maximum atomic E-state index is 12.0. The number of carbonyl (C=O) groups is 2. The van der Waals surface area contributed by atoms with Crippen molar-refractivity contribution >= 4 is 11.9 Å². The third-order valence-electron chi connectivity index (χ3n) is 4.16. The summed E-state index contributed by atoms with van der Waals surface area (Å²) in [4.78, 5) is 23.5. The molecule has 4 heteroatoms. The van der Waals surface area contributed by atoms with E-state index in [1.54, 1.807) is 12.1 Å². The fourth-order valence-electron chi connectivity index (χ4n) is 2.34. The van der Waals surface area contributed by atoms with Gasteiger partial charge in [0, 0.05) is 12.5 Å². The Labute approximate surface area is 138 Å². The minimum absolute atomic E-state index is 0.209. The lowest BCUT2D eigenvalue weighted by Crippen LogP contribution is -2.35. The van der Waals surface area contributed by atoms with Crippen molar-refractivity contribution in [3.63, 3.8) is 0 Å². The summed E-state index contributed by atoms with van der Waals surface area (Å²) in [5, 5.41) is 0. The number of esters is 2. The number of ether oxygens (including phenoxy) is 2. The Hall–Kier alpha value is -2.10. The van der Waals surface area contributed by atoms with E-state index in [1.165, 1.54) is 5.56 Å². The summed E-state index contributed by atoms with van der Waals surface area (Å²) < 4.78 is 10.8. The van der Waals surface area contributed by atoms with Gasteiger partial charge in [-0.05, 0) is 37.0 Å². The molecule has 0 bridgehead atoms. The van der Waals surface area contributed by atoms with Crippen LogP contribution in [0.15, 0.2) is 36.9 Å². The van der Waals surface area contributed by atoms with Crippen LogP contribution in [0.3, 0.4) is 0 Å². The number of hydrogen-bond donors (Lipinski definition) is 0. The molecule has 0 aliphatic carbocycles. The average molecular weight is 318 g/mol. The summed E-state index contributed by atoms with van der Waals surface area (Å²) in [5.74, 6) is -0.806. The van der Waals surface area contributed by atoms with Gasteiger partial charge in [-0.1, -0.05) is 39.5 Å². The predicted molar refractivity (Wildman–Crippen MR) is 90.3 cm³/mol. The molecule has 0 unspecified atom stereocenters. The minimum Gasteiger partial charge on any atom is -0.462 e. The van der Waals surface area contributed by atoms with E-state index < -0.39 is 11.6 Å². The Bertz CT molecular complexity index is 527. The average Bonchev–Trinajstić information content (AvgIpc) is 2.60. The lowest BCUT2D eigenvalue weighted by molar-refractivity contribution is -0.156. The molecule has 0 fully saturated rings. The third kappa shape index (κ3) is 5.55. The molecule has 0 heterocycles. The van der Waals surface area contributed by atoms with Crippen LogP contribution < -0.4 is 0 Å². The summed E-state index contributed by atoms with van der Waals surface area (Å²) in [6.45, 7) is 9.59. The third-order valence-corrected chi connectivity index (χ3v) is 4.16. The predicted octanol–water partition coefficient (Wildman–Crippen LogP) is 4.08. The first-order valence-corrected chi connectivity index (χ1v) is 8.11. The molecule has 1 rings (SSSR count). The molecule has 0 aliphatic rings. The van der Waals surface area contributed by atoms with E-state index in [9.17, 15) is 9.59 Å². The van der Waals surface area contributed by atoms with E-state index in [1.807, 2.05) is 26.0 Å². The molecule has 0 atom stereocenters. The first-order valence-electron chi connectivity index (χ1n) is 8.11. The molecule has 0 aromatic heterocycles. The Kier molecular flexibility index (Phi) is 7.52. The van der Waals surface area contributed by atoms with Gasteiger partial charge in [0.1, 0.15) is 5.60 Å². The standard InChI is InChI=1S/C19H26O4/c1-5-15-9-11-16(12-10-15)18(21)22-14-13-19(7-3,8-4)23-17(20)6-2/h6,9-12H,2,5,7-8,13-14H2,1,3-4H3. The molecule has 0 saturated carbocycles. The lowest BCUT2D eigenvalue weighted by Gasteiger charge is -2.30. The Morgan fingerprint density at radius 2 is 1.74 bits per heavy atom. The quantitative estimate of drug-likeness (QED) is 0.508. The minimum atomic E-state index is -0.613. The topological polar surface area (TPSA) is 52.6 Å². The molecule has 0 N–H and O–H groups in total. The second-order valence-corrected chi connectivity index (χ2v) is 5.45. The maximum absolute atomic E-state index is 12.0. The highest BCUT2D eigenvalue weighted by molar-refractivity contribution is 5.89. The normalized spacial score (nSPS) is 10.9. The number of aryl methyl sites for hydroxylation is 1. The summed E-state index contributed by atoms with van der Waals surface area (Å²) in [6.07, 6.45) is 3.87. The fourth-order valence-corrected chi connectivity index (χ4v) is 2.34. The van der Waals surface area contributed by atoms with Crippen molar-refractivity contribution in [3.8, 4) is 0 Å². The monoisotopic (exact) mass is 318 g/mol. The van der Waals surface area contributed by atoms with Crippen molar-refractivity contribution in [2.45, 2.75) is 52.1 Å². The molecule has 1 aromatic rings. The van der Waals surface area contributed by atoms with Gasteiger partial charge in [-0.3, -0.25) is 0 Å². The largest absolute Gasteiger partial charge is 0.462 e. The van der Waals surface area contributed by atoms with Gasteiger partial charge in [0.05, 0.1) is 12.2 Å². The molecule has 0 amide bonds. The molecule has 0 aliphatic heterocycles. The Morgan fingerprint density at radius 1 is 1.13 bits per heavy atom. The summed E-state index contributed by atoms with van der Waals surface area (Å²) in [5.41, 5.74) is 1.09. The molecule has 23 heavy (non-hydrogen) atoms. The van der Waals surface area contributed by atoms with Crippen LogP contribution in [0.1, 0.15) is 56.0 Å². The van der Waals surface area contributed by atoms with Gasteiger partial charge in [-0.25, -0.2) is 9.59 Å². The summed E-state index contributed by atoms with van der Waals surface area (Å²) in [6, 6.07) is 7.38. The zero-order valence-electron chi connectivity index (χ0n) is 14.3. The van der Waals surface area contributed by atoms with Crippen LogP contribution in [-0.4, -0.2) is 24.1 Å². The van der Waals surface area contributed by atoms with Crippen LogP contribution in [0.25, 0.3) is 0 Å². The van der Waals surface area contributed by atoms with Gasteiger partial charge in [0.15, 0.2) is 0 Å². The number of carbonyl (C=O) groups excluding carboxylic acids is 2. The van der Waals surface area contributed by atoms with E-state index in [4.69, 9.17) is 9.47 Å². The SMILES string of the molecule is C=CC(=O)OC(CC)(CC)CCOC(=O)c1ccc(CC)cc1. The maximum Gasteiger partial charge on any atom is 0.338 e. The van der Waals surface area contributed by atoms with Gasteiger partial charge in [0.2, 0.25) is 0 Å². The van der Waals surface area contributed by atoms with Crippen molar-refractivity contribution < 1.29 is 19.1 Å². The summed E-state index contributed by atoms with van der Waals surface area (Å²) >= 11 is 0. The van der Waals surface area contributed by atoms with Gasteiger partial charge in [-0.2, -0.15) is 0 Å². The Balaban J connectivity index is 2.59. The number of benzene rings is 1. The van der Waals surface area contributed by atoms with Crippen molar-refractivity contribution in [1.29, 1.82) is 0 Å². The highest BCUT2D eigenvalue weighted by Crippen LogP contribution is 2.25. The number of rotatable bonds is 9. The first kappa shape index (κ1) is 18.9.